The first-order valence-electron chi connectivity index (χ1n) is 10.3. The lowest BCUT2D eigenvalue weighted by molar-refractivity contribution is -0.139. The van der Waals surface area contributed by atoms with E-state index in [0.29, 0.717) is 37.1 Å². The molecule has 1 fully saturated rings. The number of hydrogen-bond acceptors (Lipinski definition) is 6. The van der Waals surface area contributed by atoms with E-state index in [9.17, 15) is 23.2 Å². The molecule has 0 spiro atoms. The number of fused-ring (bicyclic) bond motifs is 1. The van der Waals surface area contributed by atoms with Gasteiger partial charge in [-0.15, -0.1) is 0 Å². The Hall–Kier alpha value is -3.65. The zero-order valence-corrected chi connectivity index (χ0v) is 17.8. The standard InChI is InChI=1S/C22H21F3N6O2/c1-30-13-28-21-17(11-26)29-16(10-18(21)30)14-3-4-19(15(9-14)22(23,24)25)33-8-2-6-31-7-5-27-20(32)12-31/h3-4,9-10,13H,2,5-8,12H2,1H3,(H,27,32). The molecular formula is C22H21F3N6O2. The number of rotatable bonds is 6. The Morgan fingerprint density at radius 3 is 2.85 bits per heavy atom. The van der Waals surface area contributed by atoms with Crippen LogP contribution in [0.1, 0.15) is 17.7 Å². The second-order valence-electron chi connectivity index (χ2n) is 7.73. The number of piperazine rings is 1. The highest BCUT2D eigenvalue weighted by molar-refractivity contribution is 5.84. The number of nitrogens with zero attached hydrogens (tertiary/aromatic N) is 5. The molecule has 1 aromatic carbocycles. The van der Waals surface area contributed by atoms with Crippen LogP contribution >= 0.6 is 0 Å². The van der Waals surface area contributed by atoms with Crippen molar-refractivity contribution in [1.29, 1.82) is 5.26 Å². The summed E-state index contributed by atoms with van der Waals surface area (Å²) in [6.07, 6.45) is -2.63. The quantitative estimate of drug-likeness (QED) is 0.571. The molecule has 3 heterocycles. The number of alkyl halides is 3. The average Bonchev–Trinajstić information content (AvgIpc) is 3.16. The van der Waals surface area contributed by atoms with Gasteiger partial charge in [-0.1, -0.05) is 0 Å². The van der Waals surface area contributed by atoms with E-state index in [1.54, 1.807) is 17.7 Å². The van der Waals surface area contributed by atoms with Crippen molar-refractivity contribution < 1.29 is 22.7 Å². The van der Waals surface area contributed by atoms with Gasteiger partial charge in [0, 0.05) is 32.2 Å². The molecule has 1 aliphatic heterocycles. The largest absolute Gasteiger partial charge is 0.493 e. The molecule has 8 nitrogen and oxygen atoms in total. The maximum atomic E-state index is 13.8. The predicted octanol–water partition coefficient (Wildman–Crippen LogP) is 2.73. The van der Waals surface area contributed by atoms with Gasteiger partial charge in [0.05, 0.1) is 36.3 Å². The van der Waals surface area contributed by atoms with Crippen LogP contribution in [0.4, 0.5) is 13.2 Å². The Morgan fingerprint density at radius 1 is 1.30 bits per heavy atom. The van der Waals surface area contributed by atoms with Crippen LogP contribution in [0.5, 0.6) is 5.75 Å². The van der Waals surface area contributed by atoms with Crippen molar-refractivity contribution in [3.05, 3.63) is 41.9 Å². The van der Waals surface area contributed by atoms with Gasteiger partial charge in [0.2, 0.25) is 5.91 Å². The fraction of sp³-hybridized carbons (Fsp3) is 0.364. The lowest BCUT2D eigenvalue weighted by atomic mass is 10.1. The van der Waals surface area contributed by atoms with Crippen LogP contribution in [0.2, 0.25) is 0 Å². The smallest absolute Gasteiger partial charge is 0.419 e. The zero-order valence-electron chi connectivity index (χ0n) is 17.8. The van der Waals surface area contributed by atoms with E-state index in [1.165, 1.54) is 18.5 Å². The number of carbonyl (C=O) groups is 1. The highest BCUT2D eigenvalue weighted by Gasteiger charge is 2.35. The highest BCUT2D eigenvalue weighted by Crippen LogP contribution is 2.39. The molecule has 4 rings (SSSR count). The van der Waals surface area contributed by atoms with Gasteiger partial charge < -0.3 is 14.6 Å². The molecule has 0 saturated carbocycles. The number of imidazole rings is 1. The monoisotopic (exact) mass is 458 g/mol. The first-order valence-corrected chi connectivity index (χ1v) is 10.3. The molecular weight excluding hydrogens is 437 g/mol. The highest BCUT2D eigenvalue weighted by atomic mass is 19.4. The van der Waals surface area contributed by atoms with Gasteiger partial charge in [-0.05, 0) is 30.7 Å². The van der Waals surface area contributed by atoms with Crippen LogP contribution in [0, 0.1) is 11.3 Å². The molecule has 172 valence electrons. The van der Waals surface area contributed by atoms with Gasteiger partial charge in [-0.25, -0.2) is 9.97 Å². The van der Waals surface area contributed by atoms with E-state index < -0.39 is 11.7 Å². The van der Waals surface area contributed by atoms with E-state index in [1.807, 2.05) is 11.0 Å². The second-order valence-corrected chi connectivity index (χ2v) is 7.73. The van der Waals surface area contributed by atoms with Crippen molar-refractivity contribution in [1.82, 2.24) is 24.8 Å². The fourth-order valence-electron chi connectivity index (χ4n) is 3.74. The van der Waals surface area contributed by atoms with Crippen molar-refractivity contribution in [2.75, 3.05) is 32.8 Å². The van der Waals surface area contributed by atoms with Crippen LogP contribution in [-0.2, 0) is 18.0 Å². The second kappa shape index (κ2) is 9.07. The maximum absolute atomic E-state index is 13.8. The number of hydrogen-bond donors (Lipinski definition) is 1. The molecule has 1 N–H and O–H groups in total. The number of ether oxygens (including phenoxy) is 1. The summed E-state index contributed by atoms with van der Waals surface area (Å²) in [5, 5.41) is 12.1. The van der Waals surface area contributed by atoms with E-state index >= 15 is 0 Å². The van der Waals surface area contributed by atoms with Gasteiger partial charge in [-0.3, -0.25) is 9.69 Å². The minimum Gasteiger partial charge on any atom is -0.493 e. The summed E-state index contributed by atoms with van der Waals surface area (Å²) in [6.45, 7) is 2.18. The van der Waals surface area contributed by atoms with Crippen LogP contribution in [0.25, 0.3) is 22.3 Å². The molecule has 0 bridgehead atoms. The number of aryl methyl sites for hydroxylation is 1. The van der Waals surface area contributed by atoms with Crippen LogP contribution in [0.3, 0.4) is 0 Å². The molecule has 1 saturated heterocycles. The minimum atomic E-state index is -4.63. The molecule has 0 atom stereocenters. The number of benzene rings is 1. The number of halogens is 3. The molecule has 33 heavy (non-hydrogen) atoms. The Kier molecular flexibility index (Phi) is 6.20. The third kappa shape index (κ3) is 4.90. The molecule has 1 aliphatic rings. The van der Waals surface area contributed by atoms with Crippen molar-refractivity contribution in [2.24, 2.45) is 7.05 Å². The number of aromatic nitrogens is 3. The summed E-state index contributed by atoms with van der Waals surface area (Å²) in [7, 11) is 1.73. The summed E-state index contributed by atoms with van der Waals surface area (Å²) in [5.41, 5.74) is 0.575. The van der Waals surface area contributed by atoms with E-state index in [2.05, 4.69) is 15.3 Å². The molecule has 1 amide bonds. The number of amides is 1. The van der Waals surface area contributed by atoms with Crippen molar-refractivity contribution in [2.45, 2.75) is 12.6 Å². The minimum absolute atomic E-state index is 0.0448. The molecule has 0 unspecified atom stereocenters. The summed E-state index contributed by atoms with van der Waals surface area (Å²) in [6, 6.07) is 7.30. The third-order valence-corrected chi connectivity index (χ3v) is 5.39. The lowest BCUT2D eigenvalue weighted by Crippen LogP contribution is -2.47. The Bertz CT molecular complexity index is 1230. The third-order valence-electron chi connectivity index (χ3n) is 5.39. The first kappa shape index (κ1) is 22.5. The number of nitrogens with one attached hydrogen (secondary N) is 1. The summed E-state index contributed by atoms with van der Waals surface area (Å²) >= 11 is 0. The Balaban J connectivity index is 1.55. The molecule has 0 radical (unpaired) electrons. The number of nitriles is 1. The summed E-state index contributed by atoms with van der Waals surface area (Å²) in [4.78, 5) is 21.7. The SMILES string of the molecule is Cn1cnc2c(C#N)nc(-c3ccc(OCCCN4CCNC(=O)C4)c(C(F)(F)F)c3)cc21. The lowest BCUT2D eigenvalue weighted by Gasteiger charge is -2.26. The van der Waals surface area contributed by atoms with Gasteiger partial charge in [0.1, 0.15) is 17.3 Å². The summed E-state index contributed by atoms with van der Waals surface area (Å²) < 4.78 is 48.5. The molecule has 0 aliphatic carbocycles. The Morgan fingerprint density at radius 2 is 2.12 bits per heavy atom. The average molecular weight is 458 g/mol. The Labute approximate surface area is 187 Å². The number of carbonyl (C=O) groups excluding carboxylic acids is 1. The van der Waals surface area contributed by atoms with Crippen molar-refractivity contribution >= 4 is 16.9 Å². The van der Waals surface area contributed by atoms with Crippen molar-refractivity contribution in [3.63, 3.8) is 0 Å². The van der Waals surface area contributed by atoms with Crippen LogP contribution < -0.4 is 10.1 Å². The fourth-order valence-corrected chi connectivity index (χ4v) is 3.74. The van der Waals surface area contributed by atoms with Gasteiger partial charge in [0.15, 0.2) is 5.69 Å². The van der Waals surface area contributed by atoms with E-state index in [0.717, 1.165) is 6.07 Å². The maximum Gasteiger partial charge on any atom is 0.419 e. The predicted molar refractivity (Wildman–Crippen MR) is 113 cm³/mol. The first-order chi connectivity index (χ1) is 15.8. The van der Waals surface area contributed by atoms with Gasteiger partial charge >= 0.3 is 6.18 Å². The van der Waals surface area contributed by atoms with Gasteiger partial charge in [-0.2, -0.15) is 18.4 Å². The van der Waals surface area contributed by atoms with Crippen LogP contribution in [0.15, 0.2) is 30.6 Å². The van der Waals surface area contributed by atoms with Crippen LogP contribution in [-0.4, -0.2) is 58.1 Å². The topological polar surface area (TPSA) is 96.1 Å². The van der Waals surface area contributed by atoms with E-state index in [-0.39, 0.29) is 41.8 Å². The van der Waals surface area contributed by atoms with E-state index in [4.69, 9.17) is 4.74 Å². The van der Waals surface area contributed by atoms with Crippen molar-refractivity contribution in [3.8, 4) is 23.1 Å². The molecule has 2 aromatic heterocycles. The molecule has 11 heteroatoms. The zero-order chi connectivity index (χ0) is 23.6. The normalized spacial score (nSPS) is 14.8. The number of pyridine rings is 1. The molecule has 3 aromatic rings. The summed E-state index contributed by atoms with van der Waals surface area (Å²) in [5.74, 6) is -0.334. The van der Waals surface area contributed by atoms with Gasteiger partial charge in [0.25, 0.3) is 0 Å².